The van der Waals surface area contributed by atoms with Crippen LogP contribution in [-0.2, 0) is 0 Å². The molecule has 0 aliphatic carbocycles. The van der Waals surface area contributed by atoms with Crippen LogP contribution in [0, 0.1) is 5.92 Å². The third-order valence-electron chi connectivity index (χ3n) is 6.63. The summed E-state index contributed by atoms with van der Waals surface area (Å²) in [5.41, 5.74) is 1.21. The molecule has 0 spiro atoms. The molecule has 0 amide bonds. The molecule has 2 atom stereocenters. The minimum absolute atomic E-state index is 0.519. The average molecular weight is 403 g/mol. The van der Waals surface area contributed by atoms with Crippen molar-refractivity contribution in [1.29, 1.82) is 0 Å². The lowest BCUT2D eigenvalue weighted by Crippen LogP contribution is -2.14. The Morgan fingerprint density at radius 3 is 1.69 bits per heavy atom. The number of benzene rings is 1. The van der Waals surface area contributed by atoms with E-state index in [9.17, 15) is 5.11 Å². The summed E-state index contributed by atoms with van der Waals surface area (Å²) in [5.74, 6) is 1.78. The van der Waals surface area contributed by atoms with E-state index in [4.69, 9.17) is 0 Å². The van der Waals surface area contributed by atoms with Crippen molar-refractivity contribution in [3.8, 4) is 5.75 Å². The molecule has 1 aromatic rings. The zero-order valence-corrected chi connectivity index (χ0v) is 19.9. The largest absolute Gasteiger partial charge is 0.508 e. The molecule has 29 heavy (non-hydrogen) atoms. The normalized spacial score (nSPS) is 13.5. The Kier molecular flexibility index (Phi) is 16.0. The molecule has 0 aromatic heterocycles. The van der Waals surface area contributed by atoms with Gasteiger partial charge < -0.3 is 5.11 Å². The van der Waals surface area contributed by atoms with Crippen LogP contribution in [0.4, 0.5) is 0 Å². The first kappa shape index (κ1) is 26.1. The molecule has 0 radical (unpaired) electrons. The minimum atomic E-state index is 0.519. The van der Waals surface area contributed by atoms with Gasteiger partial charge in [0.25, 0.3) is 0 Å². The maximum atomic E-state index is 10.6. The van der Waals surface area contributed by atoms with E-state index in [2.05, 4.69) is 32.9 Å². The fraction of sp³-hybridized carbons (Fsp3) is 0.786. The summed E-state index contributed by atoms with van der Waals surface area (Å²) in [6.07, 6.45) is 22.9. The highest BCUT2D eigenvalue weighted by atomic mass is 16.3. The molecular weight excluding hydrogens is 352 g/mol. The minimum Gasteiger partial charge on any atom is -0.508 e. The molecule has 1 heteroatoms. The first-order valence-electron chi connectivity index (χ1n) is 13.0. The van der Waals surface area contributed by atoms with Gasteiger partial charge in [0.05, 0.1) is 0 Å². The summed E-state index contributed by atoms with van der Waals surface area (Å²) in [4.78, 5) is 0. The molecule has 168 valence electrons. The van der Waals surface area contributed by atoms with Gasteiger partial charge in [-0.3, -0.25) is 0 Å². The lowest BCUT2D eigenvalue weighted by molar-refractivity contribution is 0.318. The van der Waals surface area contributed by atoms with Crippen molar-refractivity contribution in [2.24, 2.45) is 5.92 Å². The molecule has 0 saturated heterocycles. The van der Waals surface area contributed by atoms with E-state index in [0.717, 1.165) is 5.92 Å². The van der Waals surface area contributed by atoms with Gasteiger partial charge in [-0.15, -0.1) is 0 Å². The highest BCUT2D eigenvalue weighted by molar-refractivity contribution is 5.35. The summed E-state index contributed by atoms with van der Waals surface area (Å²) in [5, 5.41) is 10.6. The van der Waals surface area contributed by atoms with Crippen LogP contribution in [-0.4, -0.2) is 5.11 Å². The third kappa shape index (κ3) is 11.7. The molecule has 0 saturated carbocycles. The third-order valence-corrected chi connectivity index (χ3v) is 6.63. The average Bonchev–Trinajstić information content (AvgIpc) is 2.73. The molecule has 1 nitrogen and oxygen atoms in total. The number of hydrogen-bond acceptors (Lipinski definition) is 1. The van der Waals surface area contributed by atoms with Crippen LogP contribution in [0.25, 0.3) is 0 Å². The maximum Gasteiger partial charge on any atom is 0.119 e. The molecule has 1 N–H and O–H groups in total. The zero-order valence-electron chi connectivity index (χ0n) is 19.9. The Morgan fingerprint density at radius 2 is 1.07 bits per heavy atom. The summed E-state index contributed by atoms with van der Waals surface area (Å²) in [6, 6.07) is 8.15. The second-order valence-corrected chi connectivity index (χ2v) is 9.18. The van der Waals surface area contributed by atoms with Gasteiger partial charge in [0.1, 0.15) is 5.75 Å². The van der Waals surface area contributed by atoms with Gasteiger partial charge >= 0.3 is 0 Å². The highest BCUT2D eigenvalue weighted by Crippen LogP contribution is 2.40. The van der Waals surface area contributed by atoms with Crippen molar-refractivity contribution in [3.63, 3.8) is 0 Å². The quantitative estimate of drug-likeness (QED) is 0.228. The lowest BCUT2D eigenvalue weighted by atomic mass is 9.76. The summed E-state index contributed by atoms with van der Waals surface area (Å²) in [6.45, 7) is 6.89. The van der Waals surface area contributed by atoms with Gasteiger partial charge in [0.15, 0.2) is 0 Å². The molecule has 2 unspecified atom stereocenters. The van der Waals surface area contributed by atoms with Crippen LogP contribution in [0.1, 0.15) is 141 Å². The molecule has 0 aliphatic rings. The maximum absolute atomic E-state index is 10.6. The number of phenols is 1. The van der Waals surface area contributed by atoms with E-state index in [1.54, 1.807) is 0 Å². The summed E-state index contributed by atoms with van der Waals surface area (Å²) >= 11 is 0. The number of para-hydroxylation sites is 1. The van der Waals surface area contributed by atoms with Gasteiger partial charge in [-0.2, -0.15) is 0 Å². The zero-order chi connectivity index (χ0) is 21.2. The lowest BCUT2D eigenvalue weighted by Gasteiger charge is -2.29. The van der Waals surface area contributed by atoms with Crippen molar-refractivity contribution in [2.45, 2.75) is 136 Å². The number of unbranched alkanes of at least 4 members (excludes halogenated alkanes) is 11. The van der Waals surface area contributed by atoms with Crippen molar-refractivity contribution in [3.05, 3.63) is 29.8 Å². The van der Waals surface area contributed by atoms with Gasteiger partial charge in [0.2, 0.25) is 0 Å². The van der Waals surface area contributed by atoms with Crippen LogP contribution in [0.5, 0.6) is 5.75 Å². The second kappa shape index (κ2) is 17.8. The van der Waals surface area contributed by atoms with Gasteiger partial charge in [-0.25, -0.2) is 0 Å². The van der Waals surface area contributed by atoms with Crippen LogP contribution < -0.4 is 0 Å². The Balaban J connectivity index is 2.59. The number of rotatable bonds is 19. The molecule has 0 heterocycles. The van der Waals surface area contributed by atoms with E-state index < -0.39 is 0 Å². The first-order valence-corrected chi connectivity index (χ1v) is 13.0. The fourth-order valence-corrected chi connectivity index (χ4v) is 4.79. The summed E-state index contributed by atoms with van der Waals surface area (Å²) < 4.78 is 0. The van der Waals surface area contributed by atoms with Gasteiger partial charge in [-0.1, -0.05) is 129 Å². The molecule has 0 fully saturated rings. The van der Waals surface area contributed by atoms with Crippen LogP contribution in [0.15, 0.2) is 24.3 Å². The Bertz CT molecular complexity index is 481. The van der Waals surface area contributed by atoms with E-state index in [-0.39, 0.29) is 0 Å². The summed E-state index contributed by atoms with van der Waals surface area (Å²) in [7, 11) is 0. The molecule has 0 aliphatic heterocycles. The number of hydrogen-bond donors (Lipinski definition) is 1. The number of phenolic OH excluding ortho intramolecular Hbond substituents is 1. The molecule has 1 aromatic carbocycles. The Labute approximate surface area is 182 Å². The van der Waals surface area contributed by atoms with Crippen molar-refractivity contribution in [2.75, 3.05) is 0 Å². The van der Waals surface area contributed by atoms with E-state index in [1.807, 2.05) is 12.1 Å². The topological polar surface area (TPSA) is 20.2 Å². The fourth-order valence-electron chi connectivity index (χ4n) is 4.79. The van der Waals surface area contributed by atoms with E-state index in [0.29, 0.717) is 11.7 Å². The van der Waals surface area contributed by atoms with E-state index >= 15 is 0 Å². The Morgan fingerprint density at radius 1 is 0.586 bits per heavy atom. The molecule has 1 rings (SSSR count). The van der Waals surface area contributed by atoms with Crippen LogP contribution >= 0.6 is 0 Å². The van der Waals surface area contributed by atoms with Gasteiger partial charge in [-0.05, 0) is 42.7 Å². The monoisotopic (exact) mass is 402 g/mol. The smallest absolute Gasteiger partial charge is 0.119 e. The predicted molar refractivity (Wildman–Crippen MR) is 130 cm³/mol. The number of aromatic hydroxyl groups is 1. The van der Waals surface area contributed by atoms with E-state index in [1.165, 1.54) is 115 Å². The first-order chi connectivity index (χ1) is 14.2. The van der Waals surface area contributed by atoms with Crippen LogP contribution in [0.3, 0.4) is 0 Å². The van der Waals surface area contributed by atoms with Crippen molar-refractivity contribution < 1.29 is 5.11 Å². The van der Waals surface area contributed by atoms with Gasteiger partial charge in [0, 0.05) is 0 Å². The predicted octanol–water partition coefficient (Wildman–Crippen LogP) is 9.78. The van der Waals surface area contributed by atoms with Crippen LogP contribution in [0.2, 0.25) is 0 Å². The highest BCUT2D eigenvalue weighted by Gasteiger charge is 2.24. The molecule has 0 bridgehead atoms. The molecular formula is C28H50O. The standard InChI is InChI=1S/C28H50O/c1-4-7-10-11-12-13-14-15-17-22-26(27-23-18-19-24-28(27)29)25(20-9-6-3)21-16-8-5-2/h18-19,23-26,29H,4-17,20-22H2,1-3H3. The van der Waals surface area contributed by atoms with Crippen molar-refractivity contribution >= 4 is 0 Å². The second-order valence-electron chi connectivity index (χ2n) is 9.18. The SMILES string of the molecule is CCCCCCCCCCCC(c1ccccc1O)C(CCCC)CCCCC. The van der Waals surface area contributed by atoms with Crippen molar-refractivity contribution in [1.82, 2.24) is 0 Å². The Hall–Kier alpha value is -0.980.